The zero-order chi connectivity index (χ0) is 11.4. The van der Waals surface area contributed by atoms with Crippen LogP contribution >= 0.6 is 0 Å². The molecule has 1 aliphatic rings. The molecule has 5 nitrogen and oxygen atoms in total. The fourth-order valence-electron chi connectivity index (χ4n) is 2.06. The van der Waals surface area contributed by atoms with E-state index in [0.717, 1.165) is 19.3 Å². The molecule has 5 heteroatoms. The van der Waals surface area contributed by atoms with Crippen molar-refractivity contribution in [2.24, 2.45) is 0 Å². The third kappa shape index (κ3) is 3.11. The summed E-state index contributed by atoms with van der Waals surface area (Å²) in [5.41, 5.74) is 0. The number of carboxylic acids is 1. The highest BCUT2D eigenvalue weighted by atomic mass is 16.4. The molecule has 2 atom stereocenters. The van der Waals surface area contributed by atoms with Crippen molar-refractivity contribution in [3.63, 3.8) is 0 Å². The molecule has 0 aromatic heterocycles. The van der Waals surface area contributed by atoms with Gasteiger partial charge < -0.3 is 15.3 Å². The molecule has 0 bridgehead atoms. The van der Waals surface area contributed by atoms with E-state index < -0.39 is 5.97 Å². The lowest BCUT2D eigenvalue weighted by molar-refractivity contribution is -0.135. The molecule has 2 N–H and O–H groups in total. The molecule has 0 aromatic rings. The lowest BCUT2D eigenvalue weighted by Crippen LogP contribution is -2.52. The quantitative estimate of drug-likeness (QED) is 0.721. The predicted molar refractivity (Wildman–Crippen MR) is 55.6 cm³/mol. The van der Waals surface area contributed by atoms with Crippen LogP contribution in [0, 0.1) is 0 Å². The largest absolute Gasteiger partial charge is 0.480 e. The molecule has 1 saturated heterocycles. The first-order valence-corrected chi connectivity index (χ1v) is 5.30. The van der Waals surface area contributed by atoms with Crippen LogP contribution in [0.4, 0.5) is 4.79 Å². The predicted octanol–water partition coefficient (Wildman–Crippen LogP) is 1.04. The van der Waals surface area contributed by atoms with E-state index in [1.54, 1.807) is 4.90 Å². The molecular formula is C10H18N2O3. The summed E-state index contributed by atoms with van der Waals surface area (Å²) in [7, 11) is 0. The van der Waals surface area contributed by atoms with Gasteiger partial charge in [-0.3, -0.25) is 4.79 Å². The van der Waals surface area contributed by atoms with Crippen LogP contribution in [0.5, 0.6) is 0 Å². The van der Waals surface area contributed by atoms with Crippen LogP contribution in [0.2, 0.25) is 0 Å². The van der Waals surface area contributed by atoms with E-state index in [0.29, 0.717) is 0 Å². The molecule has 0 aliphatic carbocycles. The summed E-state index contributed by atoms with van der Waals surface area (Å²) in [4.78, 5) is 23.7. The maximum Gasteiger partial charge on any atom is 0.323 e. The highest BCUT2D eigenvalue weighted by Crippen LogP contribution is 2.22. The third-order valence-electron chi connectivity index (χ3n) is 2.82. The smallest absolute Gasteiger partial charge is 0.323 e. The fourth-order valence-corrected chi connectivity index (χ4v) is 2.06. The van der Waals surface area contributed by atoms with Crippen molar-refractivity contribution in [3.05, 3.63) is 0 Å². The molecule has 0 radical (unpaired) electrons. The number of amides is 2. The number of urea groups is 1. The average Bonchev–Trinajstić information content (AvgIpc) is 2.14. The number of rotatable bonds is 2. The first kappa shape index (κ1) is 11.8. The first-order chi connectivity index (χ1) is 7.02. The monoisotopic (exact) mass is 214 g/mol. The van der Waals surface area contributed by atoms with Crippen LogP contribution in [0.15, 0.2) is 0 Å². The van der Waals surface area contributed by atoms with E-state index in [-0.39, 0.29) is 24.7 Å². The van der Waals surface area contributed by atoms with Crippen LogP contribution in [0.1, 0.15) is 33.1 Å². The molecule has 2 amide bonds. The summed E-state index contributed by atoms with van der Waals surface area (Å²) in [6.45, 7) is 3.68. The Kier molecular flexibility index (Phi) is 3.94. The molecule has 0 spiro atoms. The topological polar surface area (TPSA) is 69.6 Å². The minimum atomic E-state index is -1.01. The second-order valence-electron chi connectivity index (χ2n) is 4.09. The Morgan fingerprint density at radius 1 is 1.33 bits per heavy atom. The van der Waals surface area contributed by atoms with Gasteiger partial charge in [-0.1, -0.05) is 0 Å². The SMILES string of the molecule is CC1CCCC(C)N1C(=O)NCC(=O)O. The van der Waals surface area contributed by atoms with Gasteiger partial charge in [0.25, 0.3) is 0 Å². The molecule has 1 aliphatic heterocycles. The van der Waals surface area contributed by atoms with Gasteiger partial charge in [0.1, 0.15) is 6.54 Å². The number of likely N-dealkylation sites (tertiary alicyclic amines) is 1. The molecule has 1 rings (SSSR count). The summed E-state index contributed by atoms with van der Waals surface area (Å²) in [5.74, 6) is -1.01. The van der Waals surface area contributed by atoms with Crippen LogP contribution in [-0.2, 0) is 4.79 Å². The minimum absolute atomic E-state index is 0.197. The van der Waals surface area contributed by atoms with Crippen molar-refractivity contribution in [2.45, 2.75) is 45.2 Å². The van der Waals surface area contributed by atoms with Crippen LogP contribution < -0.4 is 5.32 Å². The Hall–Kier alpha value is -1.26. The number of carbonyl (C=O) groups excluding carboxylic acids is 1. The number of hydrogen-bond acceptors (Lipinski definition) is 2. The second-order valence-corrected chi connectivity index (χ2v) is 4.09. The van der Waals surface area contributed by atoms with Crippen molar-refractivity contribution in [2.75, 3.05) is 6.54 Å². The van der Waals surface area contributed by atoms with Crippen molar-refractivity contribution >= 4 is 12.0 Å². The lowest BCUT2D eigenvalue weighted by Gasteiger charge is -2.38. The van der Waals surface area contributed by atoms with Crippen molar-refractivity contribution in [1.82, 2.24) is 10.2 Å². The number of aliphatic carboxylic acids is 1. The Labute approximate surface area is 89.4 Å². The van der Waals surface area contributed by atoms with Gasteiger partial charge in [-0.2, -0.15) is 0 Å². The van der Waals surface area contributed by atoms with Crippen LogP contribution in [-0.4, -0.2) is 40.6 Å². The van der Waals surface area contributed by atoms with E-state index in [9.17, 15) is 9.59 Å². The molecule has 0 saturated carbocycles. The highest BCUT2D eigenvalue weighted by molar-refractivity contribution is 5.80. The van der Waals surface area contributed by atoms with E-state index >= 15 is 0 Å². The number of nitrogens with zero attached hydrogens (tertiary/aromatic N) is 1. The number of carboxylic acid groups (broad SMARTS) is 1. The minimum Gasteiger partial charge on any atom is -0.480 e. The maximum absolute atomic E-state index is 11.7. The highest BCUT2D eigenvalue weighted by Gasteiger charge is 2.28. The summed E-state index contributed by atoms with van der Waals surface area (Å²) in [5, 5.41) is 10.9. The molecule has 86 valence electrons. The Balaban J connectivity index is 2.51. The number of carbonyl (C=O) groups is 2. The average molecular weight is 214 g/mol. The number of nitrogens with one attached hydrogen (secondary N) is 1. The Bertz CT molecular complexity index is 245. The third-order valence-corrected chi connectivity index (χ3v) is 2.82. The normalized spacial score (nSPS) is 26.1. The molecular weight excluding hydrogens is 196 g/mol. The van der Waals surface area contributed by atoms with Gasteiger partial charge >= 0.3 is 12.0 Å². The second kappa shape index (κ2) is 5.00. The Morgan fingerprint density at radius 3 is 2.33 bits per heavy atom. The van der Waals surface area contributed by atoms with E-state index in [2.05, 4.69) is 5.32 Å². The van der Waals surface area contributed by atoms with E-state index in [4.69, 9.17) is 5.11 Å². The molecule has 1 heterocycles. The lowest BCUT2D eigenvalue weighted by atomic mass is 9.98. The zero-order valence-corrected chi connectivity index (χ0v) is 9.19. The van der Waals surface area contributed by atoms with E-state index in [1.165, 1.54) is 0 Å². The van der Waals surface area contributed by atoms with Gasteiger partial charge in [0, 0.05) is 12.1 Å². The van der Waals surface area contributed by atoms with Crippen molar-refractivity contribution in [1.29, 1.82) is 0 Å². The van der Waals surface area contributed by atoms with Gasteiger partial charge in [-0.25, -0.2) is 4.79 Å². The molecule has 15 heavy (non-hydrogen) atoms. The van der Waals surface area contributed by atoms with Crippen molar-refractivity contribution < 1.29 is 14.7 Å². The van der Waals surface area contributed by atoms with Gasteiger partial charge in [-0.05, 0) is 33.1 Å². The standard InChI is InChI=1S/C10H18N2O3/c1-7-4-3-5-8(2)12(7)10(15)11-6-9(13)14/h7-8H,3-6H2,1-2H3,(H,11,15)(H,13,14). The fraction of sp³-hybridized carbons (Fsp3) is 0.800. The van der Waals surface area contributed by atoms with Crippen molar-refractivity contribution in [3.8, 4) is 0 Å². The van der Waals surface area contributed by atoms with Crippen LogP contribution in [0.25, 0.3) is 0 Å². The molecule has 0 aromatic carbocycles. The number of hydrogen-bond donors (Lipinski definition) is 2. The summed E-state index contributed by atoms with van der Waals surface area (Å²) >= 11 is 0. The van der Waals surface area contributed by atoms with Gasteiger partial charge in [0.05, 0.1) is 0 Å². The summed E-state index contributed by atoms with van der Waals surface area (Å²) in [6, 6.07) is 0.127. The van der Waals surface area contributed by atoms with Gasteiger partial charge in [0.2, 0.25) is 0 Å². The summed E-state index contributed by atoms with van der Waals surface area (Å²) in [6.07, 6.45) is 3.11. The maximum atomic E-state index is 11.7. The Morgan fingerprint density at radius 2 is 1.87 bits per heavy atom. The van der Waals surface area contributed by atoms with Gasteiger partial charge in [-0.15, -0.1) is 0 Å². The summed E-state index contributed by atoms with van der Waals surface area (Å²) < 4.78 is 0. The van der Waals surface area contributed by atoms with Crippen LogP contribution in [0.3, 0.4) is 0 Å². The first-order valence-electron chi connectivity index (χ1n) is 5.30. The molecule has 2 unspecified atom stereocenters. The molecule has 1 fully saturated rings. The zero-order valence-electron chi connectivity index (χ0n) is 9.19. The van der Waals surface area contributed by atoms with Gasteiger partial charge in [0.15, 0.2) is 0 Å². The number of piperidine rings is 1. The van der Waals surface area contributed by atoms with E-state index in [1.807, 2.05) is 13.8 Å².